The van der Waals surface area contributed by atoms with Crippen LogP contribution in [0.5, 0.6) is 5.75 Å². The van der Waals surface area contributed by atoms with Crippen molar-refractivity contribution in [2.75, 3.05) is 6.54 Å². The van der Waals surface area contributed by atoms with Crippen LogP contribution >= 0.6 is 0 Å². The van der Waals surface area contributed by atoms with E-state index in [-0.39, 0.29) is 17.8 Å². The Labute approximate surface area is 100 Å². The lowest BCUT2D eigenvalue weighted by molar-refractivity contribution is 0.0420. The standard InChI is InChI=1S/C13H17NO3/c1-8-2-3-10(6-12(8)16)13(17)14-7-9-4-11(15)5-9/h2-3,6,9,11,15-16H,4-5,7H2,1H3,(H,14,17). The molecule has 1 aromatic carbocycles. The van der Waals surface area contributed by atoms with Crippen LogP contribution in [-0.2, 0) is 0 Å². The molecular formula is C13H17NO3. The van der Waals surface area contributed by atoms with Crippen LogP contribution in [0.25, 0.3) is 0 Å². The maximum absolute atomic E-state index is 11.7. The maximum atomic E-state index is 11.7. The van der Waals surface area contributed by atoms with Crippen LogP contribution < -0.4 is 5.32 Å². The van der Waals surface area contributed by atoms with Gasteiger partial charge in [0.05, 0.1) is 6.10 Å². The van der Waals surface area contributed by atoms with E-state index in [4.69, 9.17) is 5.11 Å². The summed E-state index contributed by atoms with van der Waals surface area (Å²) in [6.07, 6.45) is 1.33. The molecule has 0 spiro atoms. The number of rotatable bonds is 3. The van der Waals surface area contributed by atoms with Crippen molar-refractivity contribution in [2.45, 2.75) is 25.9 Å². The molecule has 0 atom stereocenters. The van der Waals surface area contributed by atoms with E-state index >= 15 is 0 Å². The number of aromatic hydroxyl groups is 1. The Hall–Kier alpha value is -1.55. The van der Waals surface area contributed by atoms with Gasteiger partial charge in [-0.05, 0) is 43.4 Å². The van der Waals surface area contributed by atoms with Gasteiger partial charge in [-0.25, -0.2) is 0 Å². The normalized spacial score (nSPS) is 22.9. The van der Waals surface area contributed by atoms with Crippen LogP contribution in [0, 0.1) is 12.8 Å². The molecule has 17 heavy (non-hydrogen) atoms. The molecule has 1 fully saturated rings. The largest absolute Gasteiger partial charge is 0.508 e. The van der Waals surface area contributed by atoms with E-state index in [1.165, 1.54) is 6.07 Å². The first-order valence-electron chi connectivity index (χ1n) is 5.82. The quantitative estimate of drug-likeness (QED) is 0.737. The number of carbonyl (C=O) groups is 1. The van der Waals surface area contributed by atoms with Crippen LogP contribution in [0.1, 0.15) is 28.8 Å². The number of benzene rings is 1. The van der Waals surface area contributed by atoms with Gasteiger partial charge in [0.15, 0.2) is 0 Å². The van der Waals surface area contributed by atoms with Gasteiger partial charge in [0.25, 0.3) is 5.91 Å². The average molecular weight is 235 g/mol. The van der Waals surface area contributed by atoms with Crippen LogP contribution in [0.4, 0.5) is 0 Å². The topological polar surface area (TPSA) is 69.6 Å². The predicted octanol–water partition coefficient (Wildman–Crippen LogP) is 1.20. The predicted molar refractivity (Wildman–Crippen MR) is 63.9 cm³/mol. The molecule has 1 amide bonds. The number of aliphatic hydroxyl groups is 1. The summed E-state index contributed by atoms with van der Waals surface area (Å²) in [6.45, 7) is 2.37. The Bertz CT molecular complexity index is 425. The minimum absolute atomic E-state index is 0.136. The second-order valence-corrected chi connectivity index (χ2v) is 4.70. The molecule has 4 nitrogen and oxygen atoms in total. The lowest BCUT2D eigenvalue weighted by Gasteiger charge is -2.31. The highest BCUT2D eigenvalue weighted by Gasteiger charge is 2.27. The second-order valence-electron chi connectivity index (χ2n) is 4.70. The molecule has 0 radical (unpaired) electrons. The Morgan fingerprint density at radius 2 is 2.18 bits per heavy atom. The third-order valence-electron chi connectivity index (χ3n) is 3.23. The number of phenolic OH excluding ortho intramolecular Hbond substituents is 1. The van der Waals surface area contributed by atoms with Crippen molar-refractivity contribution in [3.05, 3.63) is 29.3 Å². The van der Waals surface area contributed by atoms with Crippen LogP contribution in [0.15, 0.2) is 18.2 Å². The smallest absolute Gasteiger partial charge is 0.251 e. The number of carbonyl (C=O) groups excluding carboxylic acids is 1. The summed E-state index contributed by atoms with van der Waals surface area (Å²) in [5, 5.41) is 21.4. The first-order valence-corrected chi connectivity index (χ1v) is 5.82. The van der Waals surface area contributed by atoms with Gasteiger partial charge in [-0.15, -0.1) is 0 Å². The van der Waals surface area contributed by atoms with Gasteiger partial charge in [-0.3, -0.25) is 4.79 Å². The van der Waals surface area contributed by atoms with Crippen LogP contribution in [-0.4, -0.2) is 28.8 Å². The molecule has 0 heterocycles. The molecule has 2 rings (SSSR count). The molecule has 0 saturated heterocycles. The Balaban J connectivity index is 1.88. The van der Waals surface area contributed by atoms with E-state index in [0.717, 1.165) is 18.4 Å². The van der Waals surface area contributed by atoms with Gasteiger partial charge in [0.1, 0.15) is 5.75 Å². The van der Waals surface area contributed by atoms with Gasteiger partial charge < -0.3 is 15.5 Å². The molecule has 1 aromatic rings. The van der Waals surface area contributed by atoms with Gasteiger partial charge in [-0.2, -0.15) is 0 Å². The molecule has 0 unspecified atom stereocenters. The van der Waals surface area contributed by atoms with Gasteiger partial charge in [0, 0.05) is 12.1 Å². The van der Waals surface area contributed by atoms with E-state index in [0.29, 0.717) is 18.0 Å². The van der Waals surface area contributed by atoms with E-state index in [2.05, 4.69) is 5.32 Å². The number of hydrogen-bond donors (Lipinski definition) is 3. The van der Waals surface area contributed by atoms with Gasteiger partial charge in [-0.1, -0.05) is 6.07 Å². The molecule has 1 aliphatic rings. The molecule has 0 aliphatic heterocycles. The minimum Gasteiger partial charge on any atom is -0.508 e. The molecule has 0 bridgehead atoms. The summed E-state index contributed by atoms with van der Waals surface area (Å²) >= 11 is 0. The molecule has 3 N–H and O–H groups in total. The Morgan fingerprint density at radius 3 is 2.76 bits per heavy atom. The minimum atomic E-state index is -0.194. The molecule has 4 heteroatoms. The lowest BCUT2D eigenvalue weighted by atomic mass is 9.82. The van der Waals surface area contributed by atoms with Crippen LogP contribution in [0.2, 0.25) is 0 Å². The van der Waals surface area contributed by atoms with E-state index < -0.39 is 0 Å². The molecule has 1 aliphatic carbocycles. The van der Waals surface area contributed by atoms with E-state index in [1.807, 2.05) is 0 Å². The lowest BCUT2D eigenvalue weighted by Crippen LogP contribution is -2.38. The molecular weight excluding hydrogens is 218 g/mol. The maximum Gasteiger partial charge on any atom is 0.251 e. The SMILES string of the molecule is Cc1ccc(C(=O)NCC2CC(O)C2)cc1O. The summed E-state index contributed by atoms with van der Waals surface area (Å²) in [6, 6.07) is 4.89. The third kappa shape index (κ3) is 2.77. The summed E-state index contributed by atoms with van der Waals surface area (Å²) in [7, 11) is 0. The van der Waals surface area contributed by atoms with E-state index in [9.17, 15) is 9.90 Å². The number of aliphatic hydroxyl groups excluding tert-OH is 1. The number of nitrogens with one attached hydrogen (secondary N) is 1. The first kappa shape index (κ1) is 11.9. The Kier molecular flexibility index (Phi) is 3.33. The molecule has 1 saturated carbocycles. The fraction of sp³-hybridized carbons (Fsp3) is 0.462. The zero-order valence-corrected chi connectivity index (χ0v) is 9.81. The summed E-state index contributed by atoms with van der Waals surface area (Å²) < 4.78 is 0. The summed E-state index contributed by atoms with van der Waals surface area (Å²) in [5.74, 6) is 0.339. The van der Waals surface area contributed by atoms with E-state index in [1.54, 1.807) is 19.1 Å². The molecule has 92 valence electrons. The highest BCUT2D eigenvalue weighted by molar-refractivity contribution is 5.94. The van der Waals surface area contributed by atoms with Crippen molar-refractivity contribution in [3.8, 4) is 5.75 Å². The number of aryl methyl sites for hydroxylation is 1. The zero-order chi connectivity index (χ0) is 12.4. The van der Waals surface area contributed by atoms with Crippen LogP contribution in [0.3, 0.4) is 0 Å². The van der Waals surface area contributed by atoms with Crippen molar-refractivity contribution >= 4 is 5.91 Å². The average Bonchev–Trinajstić information content (AvgIpc) is 2.26. The van der Waals surface area contributed by atoms with Gasteiger partial charge >= 0.3 is 0 Å². The first-order chi connectivity index (χ1) is 8.06. The van der Waals surface area contributed by atoms with Crippen molar-refractivity contribution in [3.63, 3.8) is 0 Å². The molecule has 0 aromatic heterocycles. The highest BCUT2D eigenvalue weighted by Crippen LogP contribution is 2.26. The second kappa shape index (κ2) is 4.75. The number of phenols is 1. The number of hydrogen-bond acceptors (Lipinski definition) is 3. The highest BCUT2D eigenvalue weighted by atomic mass is 16.3. The third-order valence-corrected chi connectivity index (χ3v) is 3.23. The Morgan fingerprint density at radius 1 is 1.47 bits per heavy atom. The van der Waals surface area contributed by atoms with Crippen molar-refractivity contribution in [2.24, 2.45) is 5.92 Å². The van der Waals surface area contributed by atoms with Crippen molar-refractivity contribution in [1.82, 2.24) is 5.32 Å². The van der Waals surface area contributed by atoms with Gasteiger partial charge in [0.2, 0.25) is 0 Å². The van der Waals surface area contributed by atoms with Crippen molar-refractivity contribution in [1.29, 1.82) is 0 Å². The summed E-state index contributed by atoms with van der Waals surface area (Å²) in [4.78, 5) is 11.7. The fourth-order valence-corrected chi connectivity index (χ4v) is 1.96. The number of amides is 1. The van der Waals surface area contributed by atoms with Crippen molar-refractivity contribution < 1.29 is 15.0 Å². The summed E-state index contributed by atoms with van der Waals surface area (Å²) in [5.41, 5.74) is 1.22. The fourth-order valence-electron chi connectivity index (χ4n) is 1.96. The monoisotopic (exact) mass is 235 g/mol. The zero-order valence-electron chi connectivity index (χ0n) is 9.81.